The Balaban J connectivity index is 1.04. The van der Waals surface area contributed by atoms with E-state index in [1.165, 1.54) is 0 Å². The van der Waals surface area contributed by atoms with Crippen LogP contribution in [0.15, 0.2) is 265 Å². The highest BCUT2D eigenvalue weighted by Crippen LogP contribution is 2.49. The first-order valence-electron chi connectivity index (χ1n) is 24.4. The molecule has 4 nitrogen and oxygen atoms in total. The van der Waals surface area contributed by atoms with E-state index < -0.39 is 12.1 Å². The average Bonchev–Trinajstić information content (AvgIpc) is 3.44. The van der Waals surface area contributed by atoms with E-state index in [0.717, 1.165) is 98.7 Å². The molecule has 0 amide bonds. The summed E-state index contributed by atoms with van der Waals surface area (Å²) in [7, 11) is 0. The maximum absolute atomic E-state index is 12.8. The second-order valence-corrected chi connectivity index (χ2v) is 18.2. The third-order valence-corrected chi connectivity index (χ3v) is 14.0. The van der Waals surface area contributed by atoms with E-state index in [0.29, 0.717) is 11.1 Å². The van der Waals surface area contributed by atoms with Gasteiger partial charge in [-0.25, -0.2) is 0 Å². The molecule has 72 heavy (non-hydrogen) atoms. The Bertz CT molecular complexity index is 3740. The van der Waals surface area contributed by atoms with Crippen LogP contribution in [0.5, 0.6) is 11.5 Å². The Hall–Kier alpha value is -9.38. The van der Waals surface area contributed by atoms with E-state index in [9.17, 15) is 10.2 Å². The van der Waals surface area contributed by atoms with Crippen molar-refractivity contribution in [2.24, 2.45) is 9.98 Å². The van der Waals surface area contributed by atoms with Crippen LogP contribution in [0.2, 0.25) is 0 Å². The van der Waals surface area contributed by atoms with Crippen LogP contribution in [-0.2, 0) is 0 Å². The zero-order valence-electron chi connectivity index (χ0n) is 39.3. The van der Waals surface area contributed by atoms with Crippen molar-refractivity contribution in [2.45, 2.75) is 12.1 Å². The Morgan fingerprint density at radius 1 is 0.292 bits per heavy atom. The van der Waals surface area contributed by atoms with Crippen LogP contribution in [0.3, 0.4) is 0 Å². The van der Waals surface area contributed by atoms with E-state index >= 15 is 0 Å². The summed E-state index contributed by atoms with van der Waals surface area (Å²) in [6.45, 7) is 0. The molecule has 0 aromatic heterocycles. The Labute approximate surface area is 418 Å². The van der Waals surface area contributed by atoms with Gasteiger partial charge in [-0.05, 0) is 88.6 Å². The van der Waals surface area contributed by atoms with E-state index in [4.69, 9.17) is 9.98 Å². The van der Waals surface area contributed by atoms with Gasteiger partial charge in [0.05, 0.1) is 0 Å². The molecule has 0 unspecified atom stereocenters. The van der Waals surface area contributed by atoms with Gasteiger partial charge in [0.2, 0.25) is 0 Å². The molecule has 0 heterocycles. The van der Waals surface area contributed by atoms with Gasteiger partial charge in [0, 0.05) is 45.8 Å². The van der Waals surface area contributed by atoms with Gasteiger partial charge in [-0.15, -0.1) is 0 Å². The third kappa shape index (κ3) is 8.15. The summed E-state index contributed by atoms with van der Waals surface area (Å²) in [4.78, 5) is 10.9. The van der Waals surface area contributed by atoms with Gasteiger partial charge in [0.15, 0.2) is 0 Å². The zero-order valence-corrected chi connectivity index (χ0v) is 39.3. The molecular formula is C68H48N2O2. The number of nitrogens with zero attached hydrogens (tertiary/aromatic N) is 2. The lowest BCUT2D eigenvalue weighted by Gasteiger charge is -2.23. The Morgan fingerprint density at radius 2 is 0.597 bits per heavy atom. The van der Waals surface area contributed by atoms with Gasteiger partial charge in [-0.2, -0.15) is 0 Å². The minimum atomic E-state index is -0.540. The third-order valence-electron chi connectivity index (χ3n) is 14.0. The van der Waals surface area contributed by atoms with Crippen LogP contribution in [0.25, 0.3) is 87.6 Å². The average molecular weight is 925 g/mol. The zero-order chi connectivity index (χ0) is 48.4. The molecule has 0 spiro atoms. The normalized spacial score (nSPS) is 12.6. The summed E-state index contributed by atoms with van der Waals surface area (Å²) < 4.78 is 0. The number of aliphatic imine (C=N–C) groups is 2. The number of benzene rings is 12. The topological polar surface area (TPSA) is 65.2 Å². The molecule has 0 aliphatic carbocycles. The van der Waals surface area contributed by atoms with Crippen LogP contribution >= 0.6 is 0 Å². The highest BCUT2D eigenvalue weighted by atomic mass is 16.3. The summed E-state index contributed by atoms with van der Waals surface area (Å²) in [6.07, 6.45) is 3.64. The first-order valence-corrected chi connectivity index (χ1v) is 24.4. The molecule has 0 saturated heterocycles. The molecule has 0 radical (unpaired) electrons. The minimum Gasteiger partial charge on any atom is -0.507 e. The molecule has 4 heteroatoms. The summed E-state index contributed by atoms with van der Waals surface area (Å²) in [5.74, 6) is 0.295. The van der Waals surface area contributed by atoms with E-state index in [-0.39, 0.29) is 11.5 Å². The van der Waals surface area contributed by atoms with Crippen LogP contribution in [-0.4, -0.2) is 22.6 Å². The van der Waals surface area contributed by atoms with Gasteiger partial charge >= 0.3 is 0 Å². The second-order valence-electron chi connectivity index (χ2n) is 18.2. The number of rotatable bonds is 11. The first kappa shape index (κ1) is 43.9. The van der Waals surface area contributed by atoms with Gasteiger partial charge in [-0.3, -0.25) is 9.98 Å². The predicted octanol–water partition coefficient (Wildman–Crippen LogP) is 17.4. The predicted molar refractivity (Wildman–Crippen MR) is 302 cm³/mol. The van der Waals surface area contributed by atoms with Crippen LogP contribution in [0.4, 0.5) is 0 Å². The van der Waals surface area contributed by atoms with Crippen molar-refractivity contribution in [1.29, 1.82) is 0 Å². The fourth-order valence-electron chi connectivity index (χ4n) is 10.5. The van der Waals surface area contributed by atoms with Crippen molar-refractivity contribution in [3.8, 4) is 56.0 Å². The molecular weight excluding hydrogens is 877 g/mol. The summed E-state index contributed by atoms with van der Waals surface area (Å²) >= 11 is 0. The van der Waals surface area contributed by atoms with Crippen molar-refractivity contribution in [1.82, 2.24) is 0 Å². The number of aromatic hydroxyl groups is 2. The molecule has 12 rings (SSSR count). The van der Waals surface area contributed by atoms with Gasteiger partial charge in [0.25, 0.3) is 0 Å². The van der Waals surface area contributed by atoms with E-state index in [1.807, 2.05) is 97.4 Å². The molecule has 0 aliphatic heterocycles. The van der Waals surface area contributed by atoms with Crippen molar-refractivity contribution >= 4 is 55.5 Å². The molecule has 0 saturated carbocycles. The lowest BCUT2D eigenvalue weighted by Crippen LogP contribution is -2.09. The summed E-state index contributed by atoms with van der Waals surface area (Å²) in [6, 6.07) is 86.1. The Morgan fingerprint density at radius 3 is 0.972 bits per heavy atom. The second kappa shape index (κ2) is 19.2. The minimum absolute atomic E-state index is 0.148. The number of fused-ring (bicyclic) bond motifs is 4. The molecule has 12 aromatic rings. The van der Waals surface area contributed by atoms with Gasteiger partial charge in [0.1, 0.15) is 23.6 Å². The molecule has 12 aromatic carbocycles. The van der Waals surface area contributed by atoms with Crippen molar-refractivity contribution < 1.29 is 10.2 Å². The summed E-state index contributed by atoms with van der Waals surface area (Å²) in [5.41, 5.74) is 10.7. The van der Waals surface area contributed by atoms with Crippen molar-refractivity contribution in [3.05, 3.63) is 277 Å². The molecule has 2 N–H and O–H groups in total. The highest BCUT2D eigenvalue weighted by Gasteiger charge is 2.26. The maximum Gasteiger partial charge on any atom is 0.132 e. The summed E-state index contributed by atoms with van der Waals surface area (Å²) in [5, 5.41) is 33.7. The molecule has 0 fully saturated rings. The van der Waals surface area contributed by atoms with Crippen LogP contribution in [0.1, 0.15) is 34.3 Å². The Kier molecular flexibility index (Phi) is 11.7. The first-order chi connectivity index (χ1) is 35.6. The van der Waals surface area contributed by atoms with Gasteiger partial charge in [-0.1, -0.05) is 243 Å². The molecule has 0 aliphatic rings. The number of hydrogen-bond donors (Lipinski definition) is 2. The largest absolute Gasteiger partial charge is 0.507 e. The van der Waals surface area contributed by atoms with Crippen LogP contribution < -0.4 is 0 Å². The number of phenols is 2. The molecule has 0 bridgehead atoms. The quantitative estimate of drug-likeness (QED) is 0.127. The number of hydrogen-bond acceptors (Lipinski definition) is 4. The van der Waals surface area contributed by atoms with Crippen molar-refractivity contribution in [2.75, 3.05) is 0 Å². The SMILES string of the molecule is Oc1c(/C=N/[C@@H](c2ccccc2)[C@@H](/N=C/c2cc3ccccc3c(-c3c(-c4ccccc4)ccc4ccccc34)c2O)c2ccccc2)cc2ccccc2c1-c1c(-c2ccccc2)ccc2ccccc12. The molecule has 342 valence electrons. The standard InChI is InChI=1S/C68H48N2O2/c71-67-53(41-51-31-15-19-35-57(51)63(67)61-55-33-17-13-25-47(55)37-39-59(61)45-21-5-1-6-22-45)43-69-65(49-27-9-3-10-28-49)66(50-29-11-4-12-30-50)70-44-54-42-52-32-16-20-36-58(52)64(68(54)72)62-56-34-18-14-26-48(56)38-40-60(62)46-23-7-2-8-24-46/h1-44,65-66,71-72H/b69-43+,70-44+/t65-,66-/m0/s1. The lowest BCUT2D eigenvalue weighted by atomic mass is 9.86. The van der Waals surface area contributed by atoms with Crippen LogP contribution in [0, 0.1) is 0 Å². The van der Waals surface area contributed by atoms with E-state index in [2.05, 4.69) is 170 Å². The molecule has 2 atom stereocenters. The maximum atomic E-state index is 12.8. The fourth-order valence-corrected chi connectivity index (χ4v) is 10.5. The van der Waals surface area contributed by atoms with Gasteiger partial charge < -0.3 is 10.2 Å². The monoisotopic (exact) mass is 924 g/mol. The lowest BCUT2D eigenvalue weighted by molar-refractivity contribution is 0.476. The van der Waals surface area contributed by atoms with Crippen molar-refractivity contribution in [3.63, 3.8) is 0 Å². The highest BCUT2D eigenvalue weighted by molar-refractivity contribution is 6.16. The number of phenolic OH excluding ortho intramolecular Hbond substituents is 2. The smallest absolute Gasteiger partial charge is 0.132 e. The fraction of sp³-hybridized carbons (Fsp3) is 0.0294. The van der Waals surface area contributed by atoms with E-state index in [1.54, 1.807) is 0 Å².